The van der Waals surface area contributed by atoms with E-state index in [0.29, 0.717) is 13.1 Å². The molecule has 1 amide bonds. The standard InChI is InChI=1S/C25H26F2N4O/c1-25(2,3)24-29-14-20(16-8-10-28-11-9-16)22(30-24)17-5-4-12-31(15-17)23(32)19-7-6-18(26)13-21(19)27/h6-11,13-14,17H,4-5,12,15H2,1-3H3. The van der Waals surface area contributed by atoms with E-state index in [2.05, 4.69) is 30.7 Å². The Labute approximate surface area is 186 Å². The van der Waals surface area contributed by atoms with Gasteiger partial charge in [0.15, 0.2) is 0 Å². The Bertz CT molecular complexity index is 1130. The van der Waals surface area contributed by atoms with Crippen molar-refractivity contribution in [1.29, 1.82) is 0 Å². The summed E-state index contributed by atoms with van der Waals surface area (Å²) in [6, 6.07) is 6.90. The Morgan fingerprint density at radius 3 is 2.56 bits per heavy atom. The predicted octanol–water partition coefficient (Wildman–Crippen LogP) is 5.13. The summed E-state index contributed by atoms with van der Waals surface area (Å²) < 4.78 is 27.5. The van der Waals surface area contributed by atoms with Gasteiger partial charge >= 0.3 is 0 Å². The number of carbonyl (C=O) groups excluding carboxylic acids is 1. The molecule has 0 spiro atoms. The number of pyridine rings is 1. The maximum atomic E-state index is 14.2. The van der Waals surface area contributed by atoms with Gasteiger partial charge in [0.2, 0.25) is 0 Å². The third-order valence-electron chi connectivity index (χ3n) is 5.74. The first-order valence-electron chi connectivity index (χ1n) is 10.8. The third kappa shape index (κ3) is 4.52. The zero-order valence-electron chi connectivity index (χ0n) is 18.5. The monoisotopic (exact) mass is 436 g/mol. The molecule has 2 aromatic heterocycles. The predicted molar refractivity (Wildman–Crippen MR) is 118 cm³/mol. The molecule has 0 saturated carbocycles. The first-order chi connectivity index (χ1) is 15.2. The molecule has 1 atom stereocenters. The summed E-state index contributed by atoms with van der Waals surface area (Å²) in [5, 5.41) is 0. The second-order valence-corrected chi connectivity index (χ2v) is 9.19. The summed E-state index contributed by atoms with van der Waals surface area (Å²) in [7, 11) is 0. The Morgan fingerprint density at radius 1 is 1.12 bits per heavy atom. The first kappa shape index (κ1) is 22.0. The highest BCUT2D eigenvalue weighted by atomic mass is 19.1. The van der Waals surface area contributed by atoms with Crippen LogP contribution in [0.5, 0.6) is 0 Å². The van der Waals surface area contributed by atoms with Crippen LogP contribution in [-0.2, 0) is 5.41 Å². The molecule has 0 bridgehead atoms. The normalized spacial score (nSPS) is 16.8. The lowest BCUT2D eigenvalue weighted by Crippen LogP contribution is -2.40. The molecule has 0 radical (unpaired) electrons. The van der Waals surface area contributed by atoms with Crippen LogP contribution >= 0.6 is 0 Å². The largest absolute Gasteiger partial charge is 0.338 e. The SMILES string of the molecule is CC(C)(C)c1ncc(-c2ccncc2)c(C2CCCN(C(=O)c3ccc(F)cc3F)C2)n1. The molecule has 1 unspecified atom stereocenters. The zero-order chi connectivity index (χ0) is 22.9. The maximum absolute atomic E-state index is 14.2. The minimum atomic E-state index is -0.841. The van der Waals surface area contributed by atoms with Gasteiger partial charge in [-0.1, -0.05) is 20.8 Å². The molecule has 3 heterocycles. The van der Waals surface area contributed by atoms with Crippen molar-refractivity contribution in [3.8, 4) is 11.1 Å². The van der Waals surface area contributed by atoms with E-state index in [4.69, 9.17) is 4.98 Å². The molecule has 1 fully saturated rings. The van der Waals surface area contributed by atoms with E-state index in [9.17, 15) is 13.6 Å². The van der Waals surface area contributed by atoms with Crippen molar-refractivity contribution in [3.63, 3.8) is 0 Å². The number of aromatic nitrogens is 3. The summed E-state index contributed by atoms with van der Waals surface area (Å²) in [4.78, 5) is 28.3. The summed E-state index contributed by atoms with van der Waals surface area (Å²) in [6.07, 6.45) is 6.92. The van der Waals surface area contributed by atoms with Gasteiger partial charge in [0.1, 0.15) is 17.5 Å². The van der Waals surface area contributed by atoms with Crippen LogP contribution in [0.2, 0.25) is 0 Å². The van der Waals surface area contributed by atoms with Crippen LogP contribution in [0, 0.1) is 11.6 Å². The number of benzene rings is 1. The molecule has 166 valence electrons. The number of piperidine rings is 1. The van der Waals surface area contributed by atoms with Crippen molar-refractivity contribution in [3.05, 3.63) is 77.6 Å². The molecule has 32 heavy (non-hydrogen) atoms. The number of amides is 1. The van der Waals surface area contributed by atoms with Crippen molar-refractivity contribution in [2.24, 2.45) is 0 Å². The lowest BCUT2D eigenvalue weighted by Gasteiger charge is -2.34. The van der Waals surface area contributed by atoms with Crippen LogP contribution in [0.3, 0.4) is 0 Å². The second-order valence-electron chi connectivity index (χ2n) is 9.19. The number of hydrogen-bond acceptors (Lipinski definition) is 4. The molecule has 1 aliphatic rings. The number of carbonyl (C=O) groups is 1. The van der Waals surface area contributed by atoms with Gasteiger partial charge in [0.25, 0.3) is 5.91 Å². The highest BCUT2D eigenvalue weighted by Crippen LogP contribution is 2.34. The van der Waals surface area contributed by atoms with E-state index in [1.54, 1.807) is 17.3 Å². The van der Waals surface area contributed by atoms with Gasteiger partial charge in [0.05, 0.1) is 11.3 Å². The van der Waals surface area contributed by atoms with E-state index in [1.807, 2.05) is 18.3 Å². The number of halogens is 2. The van der Waals surface area contributed by atoms with Gasteiger partial charge in [-0.2, -0.15) is 0 Å². The average Bonchev–Trinajstić information content (AvgIpc) is 2.78. The van der Waals surface area contributed by atoms with Gasteiger partial charge in [0, 0.05) is 54.6 Å². The highest BCUT2D eigenvalue weighted by Gasteiger charge is 2.30. The second kappa shape index (κ2) is 8.73. The maximum Gasteiger partial charge on any atom is 0.256 e. The lowest BCUT2D eigenvalue weighted by atomic mass is 9.88. The van der Waals surface area contributed by atoms with E-state index in [0.717, 1.165) is 47.6 Å². The summed E-state index contributed by atoms with van der Waals surface area (Å²) in [6.45, 7) is 7.12. The third-order valence-corrected chi connectivity index (χ3v) is 5.74. The van der Waals surface area contributed by atoms with Crippen LogP contribution in [0.4, 0.5) is 8.78 Å². The summed E-state index contributed by atoms with van der Waals surface area (Å²) in [5.74, 6) is -1.26. The van der Waals surface area contributed by atoms with Crippen molar-refractivity contribution < 1.29 is 13.6 Å². The topological polar surface area (TPSA) is 59.0 Å². The van der Waals surface area contributed by atoms with E-state index >= 15 is 0 Å². The first-order valence-corrected chi connectivity index (χ1v) is 10.8. The van der Waals surface area contributed by atoms with Crippen molar-refractivity contribution >= 4 is 5.91 Å². The molecular formula is C25H26F2N4O. The van der Waals surface area contributed by atoms with Gasteiger partial charge in [-0.25, -0.2) is 18.7 Å². The van der Waals surface area contributed by atoms with Crippen molar-refractivity contribution in [2.75, 3.05) is 13.1 Å². The fraction of sp³-hybridized carbons (Fsp3) is 0.360. The lowest BCUT2D eigenvalue weighted by molar-refractivity contribution is 0.0701. The van der Waals surface area contributed by atoms with Crippen molar-refractivity contribution in [2.45, 2.75) is 44.9 Å². The Balaban J connectivity index is 1.69. The molecular weight excluding hydrogens is 410 g/mol. The smallest absolute Gasteiger partial charge is 0.256 e. The molecule has 7 heteroatoms. The van der Waals surface area contributed by atoms with Gasteiger partial charge < -0.3 is 4.90 Å². The molecule has 1 aromatic carbocycles. The number of nitrogens with zero attached hydrogens (tertiary/aromatic N) is 4. The minimum absolute atomic E-state index is 0.0246. The zero-order valence-corrected chi connectivity index (χ0v) is 18.5. The Kier molecular flexibility index (Phi) is 6.00. The molecule has 4 rings (SSSR count). The van der Waals surface area contributed by atoms with Crippen LogP contribution < -0.4 is 0 Å². The molecule has 5 nitrogen and oxygen atoms in total. The fourth-order valence-electron chi connectivity index (χ4n) is 4.04. The van der Waals surface area contributed by atoms with Gasteiger partial charge in [-0.3, -0.25) is 9.78 Å². The summed E-state index contributed by atoms with van der Waals surface area (Å²) >= 11 is 0. The minimum Gasteiger partial charge on any atom is -0.338 e. The van der Waals surface area contributed by atoms with E-state index < -0.39 is 17.5 Å². The number of rotatable bonds is 3. The van der Waals surface area contributed by atoms with Crippen LogP contribution in [0.15, 0.2) is 48.9 Å². The average molecular weight is 437 g/mol. The number of hydrogen-bond donors (Lipinski definition) is 0. The molecule has 0 N–H and O–H groups in total. The van der Waals surface area contributed by atoms with E-state index in [-0.39, 0.29) is 16.9 Å². The Morgan fingerprint density at radius 2 is 1.88 bits per heavy atom. The summed E-state index contributed by atoms with van der Waals surface area (Å²) in [5.41, 5.74) is 2.41. The van der Waals surface area contributed by atoms with Crippen LogP contribution in [0.1, 0.15) is 61.4 Å². The van der Waals surface area contributed by atoms with Gasteiger partial charge in [-0.05, 0) is 42.7 Å². The van der Waals surface area contributed by atoms with Crippen molar-refractivity contribution in [1.82, 2.24) is 19.9 Å². The molecule has 1 saturated heterocycles. The number of likely N-dealkylation sites (tertiary alicyclic amines) is 1. The molecule has 0 aliphatic carbocycles. The molecule has 1 aliphatic heterocycles. The highest BCUT2D eigenvalue weighted by molar-refractivity contribution is 5.94. The van der Waals surface area contributed by atoms with Crippen LogP contribution in [0.25, 0.3) is 11.1 Å². The molecule has 3 aromatic rings. The van der Waals surface area contributed by atoms with Crippen LogP contribution in [-0.4, -0.2) is 38.8 Å². The fourth-order valence-corrected chi connectivity index (χ4v) is 4.04. The quantitative estimate of drug-likeness (QED) is 0.571. The Hall–Kier alpha value is -3.22. The van der Waals surface area contributed by atoms with Gasteiger partial charge in [-0.15, -0.1) is 0 Å². The van der Waals surface area contributed by atoms with E-state index in [1.165, 1.54) is 6.07 Å².